The number of amides is 6. The highest BCUT2D eigenvalue weighted by Crippen LogP contribution is 2.25. The molecule has 4 saturated heterocycles. The van der Waals surface area contributed by atoms with Gasteiger partial charge < -0.3 is 130 Å². The Morgan fingerprint density at radius 1 is 0.326 bits per heavy atom. The smallest absolute Gasteiger partial charge is 0.239 e. The molecule has 4 fully saturated rings. The molecule has 92 heavy (non-hydrogen) atoms. The molecule has 20 atom stereocenters. The first kappa shape index (κ1) is 81.6. The number of ether oxygens (including phenoxy) is 8. The first-order chi connectivity index (χ1) is 43.5. The summed E-state index contributed by atoms with van der Waals surface area (Å²) in [6, 6.07) is 0. The largest absolute Gasteiger partial charge is 0.388 e. The summed E-state index contributed by atoms with van der Waals surface area (Å²) in [4.78, 5) is 102. The van der Waals surface area contributed by atoms with Crippen LogP contribution in [0, 0.1) is 0 Å². The normalized spacial score (nSPS) is 31.2. The highest BCUT2D eigenvalue weighted by atomic mass is 16.7. The maximum atomic E-state index is 13.0. The minimum absolute atomic E-state index is 0.00473. The van der Waals surface area contributed by atoms with Crippen LogP contribution in [-0.2, 0) is 76.3 Å². The number of rotatable bonds is 38. The van der Waals surface area contributed by atoms with Crippen molar-refractivity contribution in [2.45, 2.75) is 241 Å². The van der Waals surface area contributed by atoms with E-state index < -0.39 is 160 Å². The van der Waals surface area contributed by atoms with Gasteiger partial charge in [0.2, 0.25) is 35.4 Å². The molecule has 0 unspecified atom stereocenters. The molecule has 0 saturated carbocycles. The molecule has 34 heteroatoms. The lowest BCUT2D eigenvalue weighted by molar-refractivity contribution is -0.293. The van der Waals surface area contributed by atoms with Crippen molar-refractivity contribution in [3.63, 3.8) is 0 Å². The quantitative estimate of drug-likeness (QED) is 0.0256. The fourth-order valence-electron chi connectivity index (χ4n) is 9.79. The number of Topliss-reactive ketones (excluding diaryl/α,β-unsaturated/α-hetero) is 2. The van der Waals surface area contributed by atoms with E-state index in [4.69, 9.17) is 37.9 Å². The van der Waals surface area contributed by atoms with Crippen LogP contribution in [0.25, 0.3) is 0 Å². The number of unbranched alkanes of at least 4 members (excludes halogenated alkanes) is 2. The number of carbonyl (C=O) groups is 8. The number of hydrogen-bond acceptors (Lipinski definition) is 28. The molecule has 532 valence electrons. The van der Waals surface area contributed by atoms with Gasteiger partial charge in [-0.2, -0.15) is 0 Å². The Labute approximate surface area is 534 Å². The summed E-state index contributed by atoms with van der Waals surface area (Å²) < 4.78 is 43.0. The summed E-state index contributed by atoms with van der Waals surface area (Å²) >= 11 is 0. The number of aliphatic hydroxyl groups excluding tert-OH is 12. The van der Waals surface area contributed by atoms with Gasteiger partial charge in [0.1, 0.15) is 86.3 Å². The summed E-state index contributed by atoms with van der Waals surface area (Å²) in [5.41, 5.74) is 0. The van der Waals surface area contributed by atoms with Crippen LogP contribution in [0.2, 0.25) is 0 Å². The van der Waals surface area contributed by atoms with Crippen LogP contribution in [0.3, 0.4) is 0 Å². The van der Waals surface area contributed by atoms with Gasteiger partial charge in [-0.25, -0.2) is 0 Å². The summed E-state index contributed by atoms with van der Waals surface area (Å²) in [5.74, 6) is -3.05. The Morgan fingerprint density at radius 2 is 0.598 bits per heavy atom. The van der Waals surface area contributed by atoms with Crippen molar-refractivity contribution in [2.24, 2.45) is 0 Å². The van der Waals surface area contributed by atoms with Gasteiger partial charge in [0.05, 0.1) is 63.9 Å². The van der Waals surface area contributed by atoms with E-state index in [2.05, 4.69) is 21.3 Å². The molecule has 0 spiro atoms. The second-order valence-electron chi connectivity index (χ2n) is 23.0. The molecule has 4 aliphatic heterocycles. The molecular formula is C58H102N6O28. The first-order valence-electron chi connectivity index (χ1n) is 31.4. The summed E-state index contributed by atoms with van der Waals surface area (Å²) in [6.07, 6.45) is -22.3. The summed E-state index contributed by atoms with van der Waals surface area (Å²) in [6.45, 7) is 8.65. The van der Waals surface area contributed by atoms with E-state index in [1.165, 1.54) is 32.6 Å². The molecule has 6 amide bonds. The molecule has 16 N–H and O–H groups in total. The van der Waals surface area contributed by atoms with Crippen molar-refractivity contribution in [3.05, 3.63) is 0 Å². The third-order valence-electron chi connectivity index (χ3n) is 15.4. The first-order valence-corrected chi connectivity index (χ1v) is 31.4. The SMILES string of the molecule is CCNC(=O)CCCCC(=O)N(CC(=O)CCCO[C@@H]1O[C@@H](C)[C@@H](O)[C@@H](O)[C@@H]1O)CC(=O)CCCO[C@@H]1O[C@@H](C)[C@@H](O)[C@@H](O)[C@@H]1O.CCNC(=O)CCCCC(=O)N(CC(=O)NCCO[C@@H]1O[C@@H](C)[C@@H](O)[C@@H](O)[C@@H]1O)CC(=O)NCCO[C@@H]1O[C@@H](C)[C@@H](O)[C@@H](O)[C@@H]1O. The van der Waals surface area contributed by atoms with Crippen LogP contribution in [-0.4, -0.2) is 320 Å². The average molecular weight is 1330 g/mol. The van der Waals surface area contributed by atoms with Gasteiger partial charge in [-0.05, 0) is 80.1 Å². The maximum absolute atomic E-state index is 13.0. The summed E-state index contributed by atoms with van der Waals surface area (Å²) in [5, 5.41) is 129. The fourth-order valence-corrected chi connectivity index (χ4v) is 9.79. The second kappa shape index (κ2) is 42.7. The molecule has 4 heterocycles. The second-order valence-corrected chi connectivity index (χ2v) is 23.0. The molecule has 0 aliphatic carbocycles. The van der Waals surface area contributed by atoms with Crippen LogP contribution in [0.5, 0.6) is 0 Å². The van der Waals surface area contributed by atoms with Crippen LogP contribution < -0.4 is 21.3 Å². The van der Waals surface area contributed by atoms with Crippen molar-refractivity contribution >= 4 is 47.0 Å². The minimum Gasteiger partial charge on any atom is -0.388 e. The maximum Gasteiger partial charge on any atom is 0.239 e. The van der Waals surface area contributed by atoms with E-state index in [-0.39, 0.29) is 127 Å². The van der Waals surface area contributed by atoms with E-state index in [0.717, 1.165) is 4.90 Å². The molecule has 34 nitrogen and oxygen atoms in total. The topological polar surface area (TPSA) is 508 Å². The van der Waals surface area contributed by atoms with Gasteiger partial charge in [-0.15, -0.1) is 0 Å². The van der Waals surface area contributed by atoms with Gasteiger partial charge in [0.15, 0.2) is 36.7 Å². The molecule has 0 aromatic carbocycles. The van der Waals surface area contributed by atoms with E-state index in [9.17, 15) is 99.6 Å². The lowest BCUT2D eigenvalue weighted by atomic mass is 10.00. The van der Waals surface area contributed by atoms with Crippen LogP contribution >= 0.6 is 0 Å². The Morgan fingerprint density at radius 3 is 0.891 bits per heavy atom. The Hall–Kier alpha value is -4.64. The third-order valence-corrected chi connectivity index (χ3v) is 15.4. The zero-order chi connectivity index (χ0) is 68.8. The Balaban J connectivity index is 0.000000480. The number of nitrogens with zero attached hydrogens (tertiary/aromatic N) is 2. The average Bonchev–Trinajstić information content (AvgIpc) is 1.06. The molecular weight excluding hydrogens is 1230 g/mol. The number of carbonyl (C=O) groups excluding carboxylic acids is 8. The van der Waals surface area contributed by atoms with E-state index in [1.807, 2.05) is 0 Å². The van der Waals surface area contributed by atoms with E-state index in [0.29, 0.717) is 38.8 Å². The van der Waals surface area contributed by atoms with Crippen molar-refractivity contribution in [1.29, 1.82) is 0 Å². The molecule has 0 aromatic heterocycles. The van der Waals surface area contributed by atoms with Crippen molar-refractivity contribution in [2.75, 3.05) is 78.8 Å². The monoisotopic (exact) mass is 1330 g/mol. The molecule has 0 radical (unpaired) electrons. The van der Waals surface area contributed by atoms with Gasteiger partial charge in [-0.3, -0.25) is 38.4 Å². The lowest BCUT2D eigenvalue weighted by Gasteiger charge is -2.38. The minimum atomic E-state index is -1.50. The molecule has 0 aromatic rings. The van der Waals surface area contributed by atoms with Gasteiger partial charge in [0.25, 0.3) is 0 Å². The van der Waals surface area contributed by atoms with E-state index >= 15 is 0 Å². The van der Waals surface area contributed by atoms with Crippen LogP contribution in [0.1, 0.15) is 119 Å². The van der Waals surface area contributed by atoms with Gasteiger partial charge >= 0.3 is 0 Å². The van der Waals surface area contributed by atoms with Gasteiger partial charge in [0, 0.05) is 64.7 Å². The third kappa shape index (κ3) is 28.0. The zero-order valence-electron chi connectivity index (χ0n) is 53.3. The molecule has 4 aliphatic rings. The predicted molar refractivity (Wildman–Crippen MR) is 315 cm³/mol. The predicted octanol–water partition coefficient (Wildman–Crippen LogP) is -6.67. The number of hydrogen-bond donors (Lipinski definition) is 16. The standard InChI is InChI=1S/C30H52N2O14.C28H50N4O14/c1-4-31-21(35)11-5-6-12-22(36)32(15-19(33)9-7-13-43-29-27(41)25(39)23(37)17(2)45-29)16-20(34)10-8-14-44-30-28(42)26(40)24(38)18(3)46-30;1-4-29-17(33)7-5-6-8-20(36)32(13-18(34)30-9-11-43-27-25(41)23(39)21(37)15(2)45-27)14-19(35)31-10-12-44-28-26(42)24(40)22(38)16(3)46-28/h17-18,23-30,37-42H,4-16H2,1-3H3,(H,31,35);15-16,21-28,37-42H,4-14H2,1-3H3,(H,29,33)(H,30,34)(H,31,35)/t17-,18-,23+,24+,25+,26+,27-,28-,29+,30+;15-,16-,21+,22+,23+,24+,25-,26-,27+,28+/m00/s1. The van der Waals surface area contributed by atoms with Crippen molar-refractivity contribution < 1.29 is 138 Å². The summed E-state index contributed by atoms with van der Waals surface area (Å²) in [7, 11) is 0. The highest BCUT2D eigenvalue weighted by molar-refractivity contribution is 5.91. The zero-order valence-corrected chi connectivity index (χ0v) is 53.3. The van der Waals surface area contributed by atoms with Crippen molar-refractivity contribution in [3.8, 4) is 0 Å². The highest BCUT2D eigenvalue weighted by Gasteiger charge is 2.46. The van der Waals surface area contributed by atoms with Crippen LogP contribution in [0.15, 0.2) is 0 Å². The van der Waals surface area contributed by atoms with Gasteiger partial charge in [-0.1, -0.05) is 0 Å². The van der Waals surface area contributed by atoms with Crippen LogP contribution in [0.4, 0.5) is 0 Å². The van der Waals surface area contributed by atoms with Crippen molar-refractivity contribution in [1.82, 2.24) is 31.1 Å². The number of ketones is 2. The molecule has 0 bridgehead atoms. The molecule has 4 rings (SSSR count). The van der Waals surface area contributed by atoms with E-state index in [1.54, 1.807) is 13.8 Å². The Bertz CT molecular complexity index is 1980. The number of aliphatic hydroxyl groups is 12. The Kier molecular flexibility index (Phi) is 37.9. The lowest BCUT2D eigenvalue weighted by Crippen LogP contribution is -2.57. The number of nitrogens with one attached hydrogen (secondary N) is 4. The fraction of sp³-hybridized carbons (Fsp3) is 0.862.